The van der Waals surface area contributed by atoms with E-state index in [9.17, 15) is 9.59 Å². The first-order valence-electron chi connectivity index (χ1n) is 6.58. The van der Waals surface area contributed by atoms with Gasteiger partial charge in [0.15, 0.2) is 5.01 Å². The second-order valence-electron chi connectivity index (χ2n) is 5.05. The van der Waals surface area contributed by atoms with Crippen LogP contribution in [0.5, 0.6) is 0 Å². The molecule has 0 aliphatic heterocycles. The Labute approximate surface area is 126 Å². The second-order valence-corrected chi connectivity index (χ2v) is 5.90. The Hall–Kier alpha value is -2.27. The third kappa shape index (κ3) is 2.40. The number of benzene rings is 1. The molecule has 0 atom stereocenters. The van der Waals surface area contributed by atoms with Crippen molar-refractivity contribution in [1.29, 1.82) is 0 Å². The molecule has 1 aliphatic carbocycles. The summed E-state index contributed by atoms with van der Waals surface area (Å²) in [4.78, 5) is 30.1. The van der Waals surface area contributed by atoms with E-state index in [0.717, 1.165) is 17.5 Å². The van der Waals surface area contributed by atoms with E-state index in [1.54, 1.807) is 19.5 Å². The molecule has 0 saturated heterocycles. The normalized spacial score (nSPS) is 12.8. The number of hydrogen-bond acceptors (Lipinski definition) is 4. The van der Waals surface area contributed by atoms with E-state index in [4.69, 9.17) is 0 Å². The number of thiazole rings is 1. The van der Waals surface area contributed by atoms with Crippen molar-refractivity contribution >= 4 is 28.6 Å². The molecule has 1 heterocycles. The number of ketones is 1. The summed E-state index contributed by atoms with van der Waals surface area (Å²) in [5, 5.41) is 2.00. The summed E-state index contributed by atoms with van der Waals surface area (Å²) in [6, 6.07) is 7.87. The predicted octanol–water partition coefficient (Wildman–Crippen LogP) is 2.67. The van der Waals surface area contributed by atoms with E-state index in [1.807, 2.05) is 30.3 Å². The van der Waals surface area contributed by atoms with Crippen LogP contribution in [0.4, 0.5) is 0 Å². The van der Waals surface area contributed by atoms with Crippen LogP contribution in [0.15, 0.2) is 35.7 Å². The van der Waals surface area contributed by atoms with Crippen LogP contribution >= 0.6 is 11.3 Å². The van der Waals surface area contributed by atoms with Gasteiger partial charge in [0.2, 0.25) is 5.78 Å². The maximum absolute atomic E-state index is 12.6. The summed E-state index contributed by atoms with van der Waals surface area (Å²) in [7, 11) is 3.33. The van der Waals surface area contributed by atoms with Gasteiger partial charge in [0, 0.05) is 25.0 Å². The molecule has 0 bridgehead atoms. The number of hydrogen-bond donors (Lipinski definition) is 0. The number of carbonyl (C=O) groups excluding carboxylic acids is 2. The fourth-order valence-corrected chi connectivity index (χ4v) is 3.06. The molecule has 1 aliphatic rings. The molecule has 4 nitrogen and oxygen atoms in total. The Bertz CT molecular complexity index is 759. The van der Waals surface area contributed by atoms with Gasteiger partial charge in [-0.1, -0.05) is 30.3 Å². The zero-order valence-corrected chi connectivity index (χ0v) is 12.6. The lowest BCUT2D eigenvalue weighted by molar-refractivity contribution is 0.0822. The highest BCUT2D eigenvalue weighted by atomic mass is 32.1. The Balaban J connectivity index is 1.89. The molecular formula is C16H14N2O2S. The van der Waals surface area contributed by atoms with Gasteiger partial charge in [-0.15, -0.1) is 11.3 Å². The highest BCUT2D eigenvalue weighted by Gasteiger charge is 2.24. The summed E-state index contributed by atoms with van der Waals surface area (Å²) < 4.78 is 0. The summed E-state index contributed by atoms with van der Waals surface area (Å²) >= 11 is 1.22. The van der Waals surface area contributed by atoms with Gasteiger partial charge in [-0.25, -0.2) is 4.98 Å². The average molecular weight is 298 g/mol. The molecule has 1 aromatic heterocycles. The van der Waals surface area contributed by atoms with Crippen molar-refractivity contribution in [2.24, 2.45) is 0 Å². The van der Waals surface area contributed by atoms with E-state index >= 15 is 0 Å². The molecule has 0 saturated carbocycles. The molecule has 0 radical (unpaired) electrons. The minimum absolute atomic E-state index is 0.109. The minimum atomic E-state index is -0.189. The number of nitrogens with zero attached hydrogens (tertiary/aromatic N) is 2. The quantitative estimate of drug-likeness (QED) is 0.819. The van der Waals surface area contributed by atoms with Gasteiger partial charge in [0.25, 0.3) is 5.91 Å². The van der Waals surface area contributed by atoms with Gasteiger partial charge >= 0.3 is 0 Å². The summed E-state index contributed by atoms with van der Waals surface area (Å²) in [5.41, 5.74) is 3.13. The van der Waals surface area contributed by atoms with Gasteiger partial charge in [-0.05, 0) is 17.5 Å². The number of aromatic nitrogens is 1. The van der Waals surface area contributed by atoms with Crippen LogP contribution in [0.25, 0.3) is 5.57 Å². The first-order chi connectivity index (χ1) is 10.1. The second kappa shape index (κ2) is 5.26. The highest BCUT2D eigenvalue weighted by Crippen LogP contribution is 2.30. The zero-order valence-electron chi connectivity index (χ0n) is 11.8. The molecule has 21 heavy (non-hydrogen) atoms. The van der Waals surface area contributed by atoms with Crippen LogP contribution in [0.3, 0.4) is 0 Å². The maximum Gasteiger partial charge on any atom is 0.272 e. The van der Waals surface area contributed by atoms with Crippen LogP contribution in [0.1, 0.15) is 31.4 Å². The molecule has 106 valence electrons. The van der Waals surface area contributed by atoms with E-state index < -0.39 is 0 Å². The van der Waals surface area contributed by atoms with Crippen LogP contribution < -0.4 is 0 Å². The Kier molecular flexibility index (Phi) is 3.43. The predicted molar refractivity (Wildman–Crippen MR) is 82.6 cm³/mol. The van der Waals surface area contributed by atoms with Crippen LogP contribution in [-0.2, 0) is 6.42 Å². The van der Waals surface area contributed by atoms with E-state index in [2.05, 4.69) is 4.98 Å². The van der Waals surface area contributed by atoms with Crippen molar-refractivity contribution in [1.82, 2.24) is 9.88 Å². The first kappa shape index (κ1) is 13.7. The van der Waals surface area contributed by atoms with Crippen LogP contribution in [-0.4, -0.2) is 35.7 Å². The Morgan fingerprint density at radius 1 is 1.24 bits per heavy atom. The molecule has 5 heteroatoms. The molecule has 0 N–H and O–H groups in total. The number of fused-ring (bicyclic) bond motifs is 1. The number of allylic oxidation sites excluding steroid dienone is 2. The fraction of sp³-hybridized carbons (Fsp3) is 0.188. The molecule has 0 spiro atoms. The lowest BCUT2D eigenvalue weighted by Crippen LogP contribution is -2.22. The van der Waals surface area contributed by atoms with Crippen LogP contribution in [0, 0.1) is 0 Å². The number of Topliss-reactive ketones (excluding diaryl/α,β-unsaturated/α-hetero) is 1. The number of rotatable bonds is 3. The summed E-state index contributed by atoms with van der Waals surface area (Å²) in [6.07, 6.45) is 2.70. The summed E-state index contributed by atoms with van der Waals surface area (Å²) in [6.45, 7) is 0. The summed E-state index contributed by atoms with van der Waals surface area (Å²) in [5.74, 6) is -0.297. The third-order valence-corrected chi connectivity index (χ3v) is 4.24. The number of carbonyl (C=O) groups is 2. The SMILES string of the molecule is CN(C)C(=O)c1csc(C(=O)C2=CCc3ccccc32)n1. The van der Waals surface area contributed by atoms with E-state index in [1.165, 1.54) is 16.2 Å². The van der Waals surface area contributed by atoms with E-state index in [0.29, 0.717) is 16.3 Å². The molecule has 1 aromatic carbocycles. The highest BCUT2D eigenvalue weighted by molar-refractivity contribution is 7.12. The number of amides is 1. The van der Waals surface area contributed by atoms with Gasteiger partial charge in [0.1, 0.15) is 5.69 Å². The molecule has 0 fully saturated rings. The van der Waals surface area contributed by atoms with Crippen molar-refractivity contribution in [2.45, 2.75) is 6.42 Å². The Morgan fingerprint density at radius 2 is 2.00 bits per heavy atom. The largest absolute Gasteiger partial charge is 0.343 e. The lowest BCUT2D eigenvalue weighted by atomic mass is 10.0. The lowest BCUT2D eigenvalue weighted by Gasteiger charge is -2.06. The van der Waals surface area contributed by atoms with Gasteiger partial charge in [-0.3, -0.25) is 9.59 Å². The third-order valence-electron chi connectivity index (χ3n) is 3.40. The fourth-order valence-electron chi connectivity index (χ4n) is 2.32. The monoisotopic (exact) mass is 298 g/mol. The molecular weight excluding hydrogens is 284 g/mol. The topological polar surface area (TPSA) is 50.3 Å². The molecule has 2 aromatic rings. The standard InChI is InChI=1S/C16H14N2O2S/c1-18(2)16(20)13-9-21-15(17-13)14(19)12-8-7-10-5-3-4-6-11(10)12/h3-6,8-9H,7H2,1-2H3. The van der Waals surface area contributed by atoms with Gasteiger partial charge in [0.05, 0.1) is 0 Å². The van der Waals surface area contributed by atoms with Crippen molar-refractivity contribution in [3.63, 3.8) is 0 Å². The molecule has 0 unspecified atom stereocenters. The first-order valence-corrected chi connectivity index (χ1v) is 7.46. The van der Waals surface area contributed by atoms with Crippen molar-refractivity contribution in [2.75, 3.05) is 14.1 Å². The molecule has 1 amide bonds. The van der Waals surface area contributed by atoms with Gasteiger partial charge < -0.3 is 4.90 Å². The van der Waals surface area contributed by atoms with Gasteiger partial charge in [-0.2, -0.15) is 0 Å². The minimum Gasteiger partial charge on any atom is -0.343 e. The smallest absolute Gasteiger partial charge is 0.272 e. The van der Waals surface area contributed by atoms with Crippen molar-refractivity contribution in [3.05, 3.63) is 57.6 Å². The van der Waals surface area contributed by atoms with Crippen molar-refractivity contribution in [3.8, 4) is 0 Å². The maximum atomic E-state index is 12.6. The average Bonchev–Trinajstić information content (AvgIpc) is 3.12. The zero-order chi connectivity index (χ0) is 15.0. The van der Waals surface area contributed by atoms with Crippen molar-refractivity contribution < 1.29 is 9.59 Å². The molecule has 3 rings (SSSR count). The van der Waals surface area contributed by atoms with Crippen LogP contribution in [0.2, 0.25) is 0 Å². The Morgan fingerprint density at radius 3 is 2.76 bits per heavy atom. The van der Waals surface area contributed by atoms with E-state index in [-0.39, 0.29) is 11.7 Å².